The lowest BCUT2D eigenvalue weighted by Crippen LogP contribution is -2.17. The van der Waals surface area contributed by atoms with Crippen LogP contribution in [0.2, 0.25) is 0 Å². The van der Waals surface area contributed by atoms with Gasteiger partial charge in [0.15, 0.2) is 9.84 Å². The monoisotopic (exact) mass is 382 g/mol. The van der Waals surface area contributed by atoms with Crippen LogP contribution in [0.15, 0.2) is 39.4 Å². The van der Waals surface area contributed by atoms with Gasteiger partial charge in [-0.25, -0.2) is 13.4 Å². The van der Waals surface area contributed by atoms with Crippen LogP contribution in [-0.2, 0) is 14.6 Å². The molecule has 3 rings (SSSR count). The number of rotatable bonds is 3. The first-order chi connectivity index (χ1) is 10.8. The number of hydrogen-bond donors (Lipinski definition) is 1. The van der Waals surface area contributed by atoms with Gasteiger partial charge in [0.25, 0.3) is 5.91 Å². The second kappa shape index (κ2) is 6.16. The van der Waals surface area contributed by atoms with Crippen LogP contribution in [0.25, 0.3) is 16.6 Å². The standard InChI is InChI=1S/C14H10N2O3S4/c1-23(18,19)10-4-2-8(3-5-10)13-15-9(7-21-13)6-11-12(17)16-14(20)22-11/h2-7H,1H3,(H,16,17,20). The number of carbonyl (C=O) groups excluding carboxylic acids is 1. The van der Waals surface area contributed by atoms with Crippen LogP contribution in [0.4, 0.5) is 0 Å². The first-order valence-electron chi connectivity index (χ1n) is 6.34. The lowest BCUT2D eigenvalue weighted by atomic mass is 10.2. The predicted octanol–water partition coefficient (Wildman–Crippen LogP) is 2.70. The van der Waals surface area contributed by atoms with Crippen molar-refractivity contribution >= 4 is 61.5 Å². The zero-order valence-electron chi connectivity index (χ0n) is 11.8. The Morgan fingerprint density at radius 2 is 1.96 bits per heavy atom. The second-order valence-corrected chi connectivity index (χ2v) is 9.32. The molecule has 23 heavy (non-hydrogen) atoms. The number of amides is 1. The molecule has 2 heterocycles. The van der Waals surface area contributed by atoms with Crippen molar-refractivity contribution in [1.29, 1.82) is 0 Å². The Bertz CT molecular complexity index is 927. The molecule has 1 fully saturated rings. The summed E-state index contributed by atoms with van der Waals surface area (Å²) >= 11 is 7.57. The highest BCUT2D eigenvalue weighted by molar-refractivity contribution is 8.26. The Hall–Kier alpha value is -1.55. The Morgan fingerprint density at radius 3 is 2.52 bits per heavy atom. The minimum absolute atomic E-state index is 0.216. The fourth-order valence-electron chi connectivity index (χ4n) is 1.89. The van der Waals surface area contributed by atoms with E-state index in [0.717, 1.165) is 10.6 Å². The summed E-state index contributed by atoms with van der Waals surface area (Å²) in [5.74, 6) is -0.216. The minimum atomic E-state index is -3.21. The number of benzene rings is 1. The van der Waals surface area contributed by atoms with Gasteiger partial charge in [-0.2, -0.15) is 0 Å². The van der Waals surface area contributed by atoms with Gasteiger partial charge < -0.3 is 5.32 Å². The van der Waals surface area contributed by atoms with Crippen molar-refractivity contribution in [3.8, 4) is 10.6 Å². The highest BCUT2D eigenvalue weighted by Crippen LogP contribution is 2.29. The zero-order chi connectivity index (χ0) is 16.6. The molecule has 1 amide bonds. The summed E-state index contributed by atoms with van der Waals surface area (Å²) < 4.78 is 23.4. The number of sulfone groups is 1. The molecule has 9 heteroatoms. The normalized spacial score (nSPS) is 16.8. The number of thiazole rings is 1. The summed E-state index contributed by atoms with van der Waals surface area (Å²) in [6, 6.07) is 6.56. The predicted molar refractivity (Wildman–Crippen MR) is 97.0 cm³/mol. The number of nitrogens with zero attached hydrogens (tertiary/aromatic N) is 1. The van der Waals surface area contributed by atoms with Crippen molar-refractivity contribution in [2.45, 2.75) is 4.90 Å². The van der Waals surface area contributed by atoms with Gasteiger partial charge in [-0.15, -0.1) is 11.3 Å². The molecule has 0 unspecified atom stereocenters. The van der Waals surface area contributed by atoms with E-state index >= 15 is 0 Å². The highest BCUT2D eigenvalue weighted by atomic mass is 32.2. The maximum atomic E-state index is 11.6. The van der Waals surface area contributed by atoms with Crippen LogP contribution in [-0.4, -0.2) is 29.9 Å². The number of thioether (sulfide) groups is 1. The second-order valence-electron chi connectivity index (χ2n) is 4.73. The number of nitrogens with one attached hydrogen (secondary N) is 1. The van der Waals surface area contributed by atoms with Crippen LogP contribution < -0.4 is 5.32 Å². The number of carbonyl (C=O) groups is 1. The fraction of sp³-hybridized carbons (Fsp3) is 0.0714. The molecular formula is C14H10N2O3S4. The first kappa shape index (κ1) is 16.3. The average molecular weight is 383 g/mol. The Morgan fingerprint density at radius 1 is 1.26 bits per heavy atom. The van der Waals surface area contributed by atoms with Crippen molar-refractivity contribution in [2.75, 3.05) is 6.26 Å². The van der Waals surface area contributed by atoms with Gasteiger partial charge in [0.1, 0.15) is 9.33 Å². The largest absolute Gasteiger partial charge is 0.307 e. The lowest BCUT2D eigenvalue weighted by Gasteiger charge is -1.99. The van der Waals surface area contributed by atoms with Gasteiger partial charge >= 0.3 is 0 Å². The van der Waals surface area contributed by atoms with Crippen molar-refractivity contribution in [1.82, 2.24) is 10.3 Å². The Balaban J connectivity index is 1.86. The minimum Gasteiger partial charge on any atom is -0.307 e. The zero-order valence-corrected chi connectivity index (χ0v) is 15.0. The van der Waals surface area contributed by atoms with E-state index in [0.29, 0.717) is 14.9 Å². The number of thiocarbonyl (C=S) groups is 1. The van der Waals surface area contributed by atoms with Crippen molar-refractivity contribution < 1.29 is 13.2 Å². The van der Waals surface area contributed by atoms with Gasteiger partial charge in [-0.3, -0.25) is 4.79 Å². The molecule has 1 aromatic heterocycles. The van der Waals surface area contributed by atoms with Crippen LogP contribution in [0.1, 0.15) is 5.69 Å². The maximum absolute atomic E-state index is 11.6. The molecule has 0 saturated carbocycles. The summed E-state index contributed by atoms with van der Waals surface area (Å²) in [5, 5.41) is 5.14. The summed E-state index contributed by atoms with van der Waals surface area (Å²) in [4.78, 5) is 16.9. The molecule has 1 aromatic carbocycles. The third-order valence-electron chi connectivity index (χ3n) is 2.97. The molecule has 0 aliphatic carbocycles. The Labute approximate surface area is 146 Å². The van der Waals surface area contributed by atoms with E-state index in [1.807, 2.05) is 5.38 Å². The van der Waals surface area contributed by atoms with E-state index < -0.39 is 9.84 Å². The van der Waals surface area contributed by atoms with Gasteiger partial charge in [-0.05, 0) is 18.2 Å². The summed E-state index contributed by atoms with van der Waals surface area (Å²) in [5.41, 5.74) is 1.49. The van der Waals surface area contributed by atoms with Crippen molar-refractivity contribution in [3.63, 3.8) is 0 Å². The molecule has 2 aromatic rings. The quantitative estimate of drug-likeness (QED) is 0.650. The summed E-state index contributed by atoms with van der Waals surface area (Å²) in [6.45, 7) is 0. The SMILES string of the molecule is CS(=O)(=O)c1ccc(-c2nc(C=C3SC(=S)NC3=O)cs2)cc1. The summed E-state index contributed by atoms with van der Waals surface area (Å²) in [7, 11) is -3.21. The molecular weight excluding hydrogens is 372 g/mol. The molecule has 0 radical (unpaired) electrons. The number of hydrogen-bond acceptors (Lipinski definition) is 7. The van der Waals surface area contributed by atoms with Crippen molar-refractivity contribution in [3.05, 3.63) is 40.2 Å². The van der Waals surface area contributed by atoms with Gasteiger partial charge in [0, 0.05) is 17.2 Å². The first-order valence-corrected chi connectivity index (χ1v) is 10.3. The van der Waals surface area contributed by atoms with Gasteiger partial charge in [0.2, 0.25) is 0 Å². The van der Waals surface area contributed by atoms with E-state index in [1.165, 1.54) is 29.4 Å². The molecule has 5 nitrogen and oxygen atoms in total. The maximum Gasteiger partial charge on any atom is 0.263 e. The van der Waals surface area contributed by atoms with Crippen LogP contribution in [0.3, 0.4) is 0 Å². The molecule has 118 valence electrons. The molecule has 0 atom stereocenters. The van der Waals surface area contributed by atoms with E-state index in [4.69, 9.17) is 12.2 Å². The fourth-order valence-corrected chi connectivity index (χ4v) is 4.33. The van der Waals surface area contributed by atoms with E-state index in [-0.39, 0.29) is 10.8 Å². The molecule has 0 bridgehead atoms. The summed E-state index contributed by atoms with van der Waals surface area (Å²) in [6.07, 6.45) is 2.86. The van der Waals surface area contributed by atoms with Gasteiger partial charge in [-0.1, -0.05) is 36.1 Å². The molecule has 1 saturated heterocycles. The van der Waals surface area contributed by atoms with Crippen LogP contribution in [0, 0.1) is 0 Å². The van der Waals surface area contributed by atoms with Gasteiger partial charge in [0.05, 0.1) is 15.5 Å². The highest BCUT2D eigenvalue weighted by Gasteiger charge is 2.22. The topological polar surface area (TPSA) is 76.1 Å². The van der Waals surface area contributed by atoms with E-state index in [9.17, 15) is 13.2 Å². The Kier molecular flexibility index (Phi) is 4.37. The van der Waals surface area contributed by atoms with E-state index in [2.05, 4.69) is 10.3 Å². The third kappa shape index (κ3) is 3.69. The number of aromatic nitrogens is 1. The molecule has 1 aliphatic rings. The average Bonchev–Trinajstić information content (AvgIpc) is 3.06. The third-order valence-corrected chi connectivity index (χ3v) is 6.17. The molecule has 1 aliphatic heterocycles. The van der Waals surface area contributed by atoms with E-state index in [1.54, 1.807) is 30.3 Å². The lowest BCUT2D eigenvalue weighted by molar-refractivity contribution is -0.115. The van der Waals surface area contributed by atoms with Crippen molar-refractivity contribution in [2.24, 2.45) is 0 Å². The smallest absolute Gasteiger partial charge is 0.263 e. The van der Waals surface area contributed by atoms with Crippen LogP contribution in [0.5, 0.6) is 0 Å². The van der Waals surface area contributed by atoms with Crippen LogP contribution >= 0.6 is 35.3 Å². The molecule has 1 N–H and O–H groups in total. The molecule has 0 spiro atoms.